The Balaban J connectivity index is 1.34. The monoisotopic (exact) mass is 375 g/mol. The molecule has 2 N–H and O–H groups in total. The molecule has 0 radical (unpaired) electrons. The van der Waals surface area contributed by atoms with Crippen molar-refractivity contribution < 1.29 is 19.3 Å². The van der Waals surface area contributed by atoms with E-state index >= 15 is 0 Å². The predicted molar refractivity (Wildman–Crippen MR) is 101 cm³/mol. The van der Waals surface area contributed by atoms with Gasteiger partial charge in [-0.25, -0.2) is 0 Å². The highest BCUT2D eigenvalue weighted by Crippen LogP contribution is 2.36. The van der Waals surface area contributed by atoms with Crippen LogP contribution in [0.4, 0.5) is 5.69 Å². The van der Waals surface area contributed by atoms with E-state index in [0.29, 0.717) is 31.9 Å². The number of aliphatic hydroxyl groups is 1. The quantitative estimate of drug-likeness (QED) is 0.737. The van der Waals surface area contributed by atoms with Crippen LogP contribution in [0.5, 0.6) is 0 Å². The van der Waals surface area contributed by atoms with Crippen molar-refractivity contribution in [3.63, 3.8) is 0 Å². The van der Waals surface area contributed by atoms with Crippen molar-refractivity contribution in [1.82, 2.24) is 4.90 Å². The summed E-state index contributed by atoms with van der Waals surface area (Å²) in [4.78, 5) is 1.89. The molecule has 7 heteroatoms. The number of nitrogens with one attached hydrogen (secondary N) is 1. The Morgan fingerprint density at radius 1 is 1.30 bits per heavy atom. The maximum atomic E-state index is 10.1. The standard InChI is InChI=1S/C20H29N3O4/c1-19(2,3)27-18(24)23-11-20(12-23)13-25-17(26-14-20)8-9-22-16-6-4-15(10-21)5-7-16/h4-7,17-18,22,24H,8-9,11-14H2,1-3H3. The number of nitriles is 1. The van der Waals surface area contributed by atoms with Crippen LogP contribution in [-0.2, 0) is 14.2 Å². The van der Waals surface area contributed by atoms with Gasteiger partial charge in [-0.2, -0.15) is 5.26 Å². The van der Waals surface area contributed by atoms with Crippen LogP contribution in [0.25, 0.3) is 0 Å². The fourth-order valence-corrected chi connectivity index (χ4v) is 3.34. The molecule has 1 spiro atoms. The Hall–Kier alpha value is -1.69. The molecule has 0 saturated carbocycles. The van der Waals surface area contributed by atoms with Gasteiger partial charge in [-0.1, -0.05) is 0 Å². The van der Waals surface area contributed by atoms with E-state index < -0.39 is 6.41 Å². The molecule has 1 unspecified atom stereocenters. The van der Waals surface area contributed by atoms with Gasteiger partial charge in [0.2, 0.25) is 6.41 Å². The lowest BCUT2D eigenvalue weighted by Crippen LogP contribution is -2.66. The molecule has 7 nitrogen and oxygen atoms in total. The van der Waals surface area contributed by atoms with Crippen molar-refractivity contribution in [2.45, 2.75) is 45.5 Å². The first-order valence-corrected chi connectivity index (χ1v) is 9.36. The molecular weight excluding hydrogens is 346 g/mol. The fourth-order valence-electron chi connectivity index (χ4n) is 3.34. The first-order valence-electron chi connectivity index (χ1n) is 9.36. The first-order chi connectivity index (χ1) is 12.8. The summed E-state index contributed by atoms with van der Waals surface area (Å²) in [7, 11) is 0. The number of aliphatic hydroxyl groups excluding tert-OH is 1. The molecule has 1 atom stereocenters. The third-order valence-corrected chi connectivity index (χ3v) is 4.72. The summed E-state index contributed by atoms with van der Waals surface area (Å²) in [6.45, 7) is 9.19. The Bertz CT molecular complexity index is 649. The molecule has 2 saturated heterocycles. The van der Waals surface area contributed by atoms with Gasteiger partial charge in [-0.15, -0.1) is 0 Å². The second-order valence-corrected chi connectivity index (χ2v) is 8.42. The molecule has 1 aromatic carbocycles. The van der Waals surface area contributed by atoms with Crippen LogP contribution in [0.3, 0.4) is 0 Å². The van der Waals surface area contributed by atoms with E-state index in [1.165, 1.54) is 0 Å². The largest absolute Gasteiger partial charge is 0.385 e. The number of hydrogen-bond acceptors (Lipinski definition) is 7. The van der Waals surface area contributed by atoms with E-state index in [4.69, 9.17) is 19.5 Å². The summed E-state index contributed by atoms with van der Waals surface area (Å²) >= 11 is 0. The number of benzene rings is 1. The minimum Gasteiger partial charge on any atom is -0.385 e. The average Bonchev–Trinajstić information content (AvgIpc) is 2.59. The van der Waals surface area contributed by atoms with Crippen molar-refractivity contribution in [3.8, 4) is 6.07 Å². The van der Waals surface area contributed by atoms with Crippen LogP contribution < -0.4 is 5.32 Å². The van der Waals surface area contributed by atoms with Gasteiger partial charge in [0.15, 0.2) is 6.29 Å². The first kappa shape index (κ1) is 20.1. The minimum atomic E-state index is -0.884. The van der Waals surface area contributed by atoms with Crippen molar-refractivity contribution in [2.75, 3.05) is 38.2 Å². The zero-order valence-corrected chi connectivity index (χ0v) is 16.3. The minimum absolute atomic E-state index is 0.0424. The highest BCUT2D eigenvalue weighted by molar-refractivity contribution is 5.47. The second-order valence-electron chi connectivity index (χ2n) is 8.42. The van der Waals surface area contributed by atoms with Gasteiger partial charge in [0.25, 0.3) is 0 Å². The number of hydrogen-bond donors (Lipinski definition) is 2. The lowest BCUT2D eigenvalue weighted by molar-refractivity contribution is -0.313. The summed E-state index contributed by atoms with van der Waals surface area (Å²) in [6.07, 6.45) is -0.355. The molecule has 2 aliphatic rings. The fraction of sp³-hybridized carbons (Fsp3) is 0.650. The SMILES string of the molecule is CC(C)(C)OC(O)N1CC2(COC(CCNc3ccc(C#N)cc3)OC2)C1. The third-order valence-electron chi connectivity index (χ3n) is 4.72. The molecule has 27 heavy (non-hydrogen) atoms. The van der Waals surface area contributed by atoms with Crippen LogP contribution in [0.1, 0.15) is 32.8 Å². The van der Waals surface area contributed by atoms with Gasteiger partial charge >= 0.3 is 0 Å². The maximum Gasteiger partial charge on any atom is 0.216 e. The van der Waals surface area contributed by atoms with Gasteiger partial charge in [0, 0.05) is 37.2 Å². The van der Waals surface area contributed by atoms with E-state index in [1.54, 1.807) is 12.1 Å². The van der Waals surface area contributed by atoms with Crippen LogP contribution in [0, 0.1) is 16.7 Å². The second kappa shape index (κ2) is 8.13. The average molecular weight is 375 g/mol. The molecule has 148 valence electrons. The lowest BCUT2D eigenvalue weighted by atomic mass is 9.81. The van der Waals surface area contributed by atoms with Gasteiger partial charge in [0.05, 0.1) is 30.4 Å². The summed E-state index contributed by atoms with van der Waals surface area (Å²) in [5, 5.41) is 22.2. The van der Waals surface area contributed by atoms with Crippen molar-refractivity contribution >= 4 is 5.69 Å². The van der Waals surface area contributed by atoms with E-state index in [9.17, 15) is 5.11 Å². The number of nitrogens with zero attached hydrogens (tertiary/aromatic N) is 2. The number of anilines is 1. The van der Waals surface area contributed by atoms with Crippen LogP contribution >= 0.6 is 0 Å². The number of likely N-dealkylation sites (tertiary alicyclic amines) is 1. The van der Waals surface area contributed by atoms with Crippen molar-refractivity contribution in [2.24, 2.45) is 5.41 Å². The normalized spacial score (nSPS) is 21.4. The third kappa shape index (κ3) is 5.41. The van der Waals surface area contributed by atoms with E-state index in [2.05, 4.69) is 11.4 Å². The van der Waals surface area contributed by atoms with Crippen LogP contribution in [0.15, 0.2) is 24.3 Å². The van der Waals surface area contributed by atoms with E-state index in [-0.39, 0.29) is 17.3 Å². The zero-order valence-electron chi connectivity index (χ0n) is 16.3. The van der Waals surface area contributed by atoms with Gasteiger partial charge < -0.3 is 24.6 Å². The van der Waals surface area contributed by atoms with Gasteiger partial charge in [-0.05, 0) is 45.0 Å². The van der Waals surface area contributed by atoms with Crippen LogP contribution in [0.2, 0.25) is 0 Å². The highest BCUT2D eigenvalue weighted by atomic mass is 16.7. The zero-order chi connectivity index (χ0) is 19.5. The van der Waals surface area contributed by atoms with Gasteiger partial charge in [0.1, 0.15) is 0 Å². The Morgan fingerprint density at radius 2 is 1.93 bits per heavy atom. The molecular formula is C20H29N3O4. The van der Waals surface area contributed by atoms with Crippen molar-refractivity contribution in [1.29, 1.82) is 5.26 Å². The van der Waals surface area contributed by atoms with E-state index in [1.807, 2.05) is 37.8 Å². The number of rotatable bonds is 6. The summed E-state index contributed by atoms with van der Waals surface area (Å²) in [5.41, 5.74) is 1.20. The van der Waals surface area contributed by atoms with E-state index in [0.717, 1.165) is 18.7 Å². The summed E-state index contributed by atoms with van der Waals surface area (Å²) in [5.74, 6) is 0. The Morgan fingerprint density at radius 3 is 2.48 bits per heavy atom. The lowest BCUT2D eigenvalue weighted by Gasteiger charge is -2.54. The summed E-state index contributed by atoms with van der Waals surface area (Å²) < 4.78 is 17.3. The topological polar surface area (TPSA) is 87.0 Å². The molecule has 0 aliphatic carbocycles. The maximum absolute atomic E-state index is 10.1. The molecule has 1 aromatic rings. The molecule has 0 bridgehead atoms. The molecule has 3 rings (SSSR count). The molecule has 2 fully saturated rings. The molecule has 2 heterocycles. The van der Waals surface area contributed by atoms with Crippen LogP contribution in [-0.4, -0.2) is 61.2 Å². The molecule has 0 aromatic heterocycles. The highest BCUT2D eigenvalue weighted by Gasteiger charge is 2.49. The molecule has 2 aliphatic heterocycles. The van der Waals surface area contributed by atoms with Crippen molar-refractivity contribution in [3.05, 3.63) is 29.8 Å². The Labute approximate surface area is 160 Å². The summed E-state index contributed by atoms with van der Waals surface area (Å²) in [6, 6.07) is 9.48. The number of ether oxygens (including phenoxy) is 3. The molecule has 0 amide bonds. The van der Waals surface area contributed by atoms with Gasteiger partial charge in [-0.3, -0.25) is 4.90 Å². The predicted octanol–water partition coefficient (Wildman–Crippen LogP) is 2.13. The Kier molecular flexibility index (Phi) is 6.04. The smallest absolute Gasteiger partial charge is 0.216 e.